The van der Waals surface area contributed by atoms with Crippen LogP contribution in [0.2, 0.25) is 0 Å². The molecular formula is C19H18N2O3S2. The lowest BCUT2D eigenvalue weighted by atomic mass is 10.1. The Kier molecular flexibility index (Phi) is 5.61. The van der Waals surface area contributed by atoms with Gasteiger partial charge in [-0.2, -0.15) is 0 Å². The van der Waals surface area contributed by atoms with E-state index in [0.29, 0.717) is 5.69 Å². The van der Waals surface area contributed by atoms with E-state index in [-0.39, 0.29) is 16.6 Å². The standard InChI is InChI=1S/C19H18N2O3S2/c1-20-26(23,24)18-10-7-16(8-11-18)21-19(22)13-25-17-9-6-14-4-2-3-5-15(14)12-17/h2-12,20H,13H2,1H3,(H,21,22). The SMILES string of the molecule is CNS(=O)(=O)c1ccc(NC(=O)CSc2ccc3ccccc3c2)cc1. The second kappa shape index (κ2) is 7.90. The fourth-order valence-corrected chi connectivity index (χ4v) is 3.91. The summed E-state index contributed by atoms with van der Waals surface area (Å²) < 4.78 is 25.6. The molecule has 0 aliphatic carbocycles. The van der Waals surface area contributed by atoms with Crippen molar-refractivity contribution in [2.45, 2.75) is 9.79 Å². The molecule has 0 heterocycles. The molecule has 26 heavy (non-hydrogen) atoms. The first-order chi connectivity index (χ1) is 12.5. The Morgan fingerprint density at radius 1 is 0.962 bits per heavy atom. The van der Waals surface area contributed by atoms with E-state index >= 15 is 0 Å². The summed E-state index contributed by atoms with van der Waals surface area (Å²) in [4.78, 5) is 13.3. The van der Waals surface area contributed by atoms with Gasteiger partial charge >= 0.3 is 0 Å². The van der Waals surface area contributed by atoms with Crippen molar-refractivity contribution in [1.82, 2.24) is 4.72 Å². The van der Waals surface area contributed by atoms with Gasteiger partial charge in [-0.25, -0.2) is 13.1 Å². The van der Waals surface area contributed by atoms with Crippen molar-refractivity contribution in [2.75, 3.05) is 18.1 Å². The molecule has 0 aromatic heterocycles. The van der Waals surface area contributed by atoms with Gasteiger partial charge in [0.25, 0.3) is 0 Å². The molecule has 0 atom stereocenters. The number of carbonyl (C=O) groups is 1. The zero-order valence-electron chi connectivity index (χ0n) is 14.1. The average molecular weight is 386 g/mol. The van der Waals surface area contributed by atoms with Gasteiger partial charge in [0.1, 0.15) is 0 Å². The number of carbonyl (C=O) groups excluding carboxylic acids is 1. The van der Waals surface area contributed by atoms with Gasteiger partial charge in [-0.15, -0.1) is 11.8 Å². The van der Waals surface area contributed by atoms with E-state index in [2.05, 4.69) is 22.2 Å². The van der Waals surface area contributed by atoms with Crippen LogP contribution in [0.4, 0.5) is 5.69 Å². The first-order valence-electron chi connectivity index (χ1n) is 7.93. The molecule has 134 valence electrons. The minimum Gasteiger partial charge on any atom is -0.325 e. The van der Waals surface area contributed by atoms with Crippen molar-refractivity contribution >= 4 is 44.2 Å². The normalized spacial score (nSPS) is 11.4. The third-order valence-electron chi connectivity index (χ3n) is 3.81. The minimum absolute atomic E-state index is 0.146. The molecule has 7 heteroatoms. The maximum atomic E-state index is 12.1. The topological polar surface area (TPSA) is 75.3 Å². The van der Waals surface area contributed by atoms with E-state index in [0.717, 1.165) is 15.7 Å². The number of thioether (sulfide) groups is 1. The highest BCUT2D eigenvalue weighted by Gasteiger charge is 2.11. The molecular weight excluding hydrogens is 368 g/mol. The molecule has 0 aliphatic rings. The Labute approximate surface area is 156 Å². The molecule has 0 saturated heterocycles. The summed E-state index contributed by atoms with van der Waals surface area (Å²) in [6, 6.07) is 20.2. The fraction of sp³-hybridized carbons (Fsp3) is 0.105. The molecule has 0 spiro atoms. The molecule has 0 saturated carbocycles. The van der Waals surface area contributed by atoms with Crippen LogP contribution in [-0.2, 0) is 14.8 Å². The summed E-state index contributed by atoms with van der Waals surface area (Å²) in [5.41, 5.74) is 0.559. The molecule has 3 rings (SSSR count). The van der Waals surface area contributed by atoms with Gasteiger partial charge in [0.05, 0.1) is 10.6 Å². The van der Waals surface area contributed by atoms with E-state index in [1.54, 1.807) is 12.1 Å². The molecule has 0 bridgehead atoms. The van der Waals surface area contributed by atoms with Crippen molar-refractivity contribution in [2.24, 2.45) is 0 Å². The number of hydrogen-bond donors (Lipinski definition) is 2. The van der Waals surface area contributed by atoms with Crippen molar-refractivity contribution in [3.8, 4) is 0 Å². The molecule has 0 radical (unpaired) electrons. The van der Waals surface area contributed by atoms with Crippen LogP contribution in [0, 0.1) is 0 Å². The maximum absolute atomic E-state index is 12.1. The van der Waals surface area contributed by atoms with E-state index in [1.165, 1.54) is 30.9 Å². The number of amides is 1. The summed E-state index contributed by atoms with van der Waals surface area (Å²) in [5, 5.41) is 5.07. The Morgan fingerprint density at radius 2 is 1.65 bits per heavy atom. The monoisotopic (exact) mass is 386 g/mol. The van der Waals surface area contributed by atoms with Gasteiger partial charge < -0.3 is 5.32 Å². The number of anilines is 1. The van der Waals surface area contributed by atoms with Crippen LogP contribution in [0.3, 0.4) is 0 Å². The highest BCUT2D eigenvalue weighted by molar-refractivity contribution is 8.00. The predicted octanol–water partition coefficient (Wildman–Crippen LogP) is 3.48. The highest BCUT2D eigenvalue weighted by atomic mass is 32.2. The zero-order valence-corrected chi connectivity index (χ0v) is 15.7. The number of nitrogens with one attached hydrogen (secondary N) is 2. The maximum Gasteiger partial charge on any atom is 0.240 e. The molecule has 0 unspecified atom stereocenters. The third-order valence-corrected chi connectivity index (χ3v) is 6.23. The molecule has 0 aliphatic heterocycles. The van der Waals surface area contributed by atoms with Crippen molar-refractivity contribution in [1.29, 1.82) is 0 Å². The van der Waals surface area contributed by atoms with Crippen LogP contribution in [-0.4, -0.2) is 27.1 Å². The minimum atomic E-state index is -3.47. The van der Waals surface area contributed by atoms with Gasteiger partial charge in [-0.1, -0.05) is 30.3 Å². The summed E-state index contributed by atoms with van der Waals surface area (Å²) in [5.74, 6) is 0.127. The van der Waals surface area contributed by atoms with Crippen LogP contribution in [0.5, 0.6) is 0 Å². The molecule has 0 fully saturated rings. The Morgan fingerprint density at radius 3 is 2.35 bits per heavy atom. The van der Waals surface area contributed by atoms with Crippen LogP contribution < -0.4 is 10.0 Å². The predicted molar refractivity (Wildman–Crippen MR) is 106 cm³/mol. The summed E-state index contributed by atoms with van der Waals surface area (Å²) >= 11 is 1.46. The quantitative estimate of drug-likeness (QED) is 0.636. The van der Waals surface area contributed by atoms with Crippen LogP contribution in [0.15, 0.2) is 76.5 Å². The number of benzene rings is 3. The third kappa shape index (κ3) is 4.43. The first kappa shape index (κ1) is 18.4. The van der Waals surface area contributed by atoms with Gasteiger partial charge in [-0.05, 0) is 54.2 Å². The summed E-state index contributed by atoms with van der Waals surface area (Å²) in [7, 11) is -2.12. The van der Waals surface area contributed by atoms with Gasteiger partial charge in [-0.3, -0.25) is 4.79 Å². The van der Waals surface area contributed by atoms with Gasteiger partial charge in [0.15, 0.2) is 0 Å². The second-order valence-electron chi connectivity index (χ2n) is 5.58. The van der Waals surface area contributed by atoms with Crippen LogP contribution in [0.25, 0.3) is 10.8 Å². The summed E-state index contributed by atoms with van der Waals surface area (Å²) in [6.07, 6.45) is 0. The largest absolute Gasteiger partial charge is 0.325 e. The molecule has 3 aromatic rings. The Balaban J connectivity index is 1.60. The number of fused-ring (bicyclic) bond motifs is 1. The molecule has 2 N–H and O–H groups in total. The van der Waals surface area contributed by atoms with E-state index in [4.69, 9.17) is 0 Å². The second-order valence-corrected chi connectivity index (χ2v) is 8.51. The van der Waals surface area contributed by atoms with Crippen LogP contribution >= 0.6 is 11.8 Å². The van der Waals surface area contributed by atoms with E-state index in [9.17, 15) is 13.2 Å². The van der Waals surface area contributed by atoms with Crippen molar-refractivity contribution in [3.63, 3.8) is 0 Å². The molecule has 5 nitrogen and oxygen atoms in total. The van der Waals surface area contributed by atoms with E-state index < -0.39 is 10.0 Å². The highest BCUT2D eigenvalue weighted by Crippen LogP contribution is 2.24. The van der Waals surface area contributed by atoms with Gasteiger partial charge in [0, 0.05) is 10.6 Å². The molecule has 1 amide bonds. The van der Waals surface area contributed by atoms with Gasteiger partial charge in [0.2, 0.25) is 15.9 Å². The Bertz CT molecular complexity index is 1030. The number of rotatable bonds is 6. The molecule has 3 aromatic carbocycles. The Hall–Kier alpha value is -2.35. The van der Waals surface area contributed by atoms with Crippen molar-refractivity contribution < 1.29 is 13.2 Å². The van der Waals surface area contributed by atoms with Crippen LogP contribution in [0.1, 0.15) is 0 Å². The number of sulfonamides is 1. The smallest absolute Gasteiger partial charge is 0.240 e. The zero-order chi connectivity index (χ0) is 18.6. The average Bonchev–Trinajstić information content (AvgIpc) is 2.66. The lowest BCUT2D eigenvalue weighted by Crippen LogP contribution is -2.18. The number of hydrogen-bond acceptors (Lipinski definition) is 4. The van der Waals surface area contributed by atoms with Crippen molar-refractivity contribution in [3.05, 3.63) is 66.7 Å². The fourth-order valence-electron chi connectivity index (χ4n) is 2.44. The first-order valence-corrected chi connectivity index (χ1v) is 10.4. The summed E-state index contributed by atoms with van der Waals surface area (Å²) in [6.45, 7) is 0. The lowest BCUT2D eigenvalue weighted by molar-refractivity contribution is -0.113. The van der Waals surface area contributed by atoms with E-state index in [1.807, 2.05) is 30.3 Å². The lowest BCUT2D eigenvalue weighted by Gasteiger charge is -2.07.